The fraction of sp³-hybridized carbons (Fsp3) is 0.588. The number of aliphatic hydroxyl groups excluding tert-OH is 1. The maximum atomic E-state index is 12.4. The third-order valence-electron chi connectivity index (χ3n) is 3.43. The smallest absolute Gasteiger partial charge is 0.334 e. The number of amides is 3. The van der Waals surface area contributed by atoms with Crippen LogP contribution in [0.25, 0.3) is 0 Å². The molecular weight excluding hydrogens is 534 g/mol. The van der Waals surface area contributed by atoms with Gasteiger partial charge in [0, 0.05) is 31.5 Å². The van der Waals surface area contributed by atoms with Crippen LogP contribution >= 0.6 is 31.9 Å². The Hall–Kier alpha value is -1.99. The van der Waals surface area contributed by atoms with Crippen LogP contribution in [-0.2, 0) is 33.6 Å². The van der Waals surface area contributed by atoms with E-state index in [0.29, 0.717) is 6.42 Å². The molecule has 0 rings (SSSR count). The summed E-state index contributed by atoms with van der Waals surface area (Å²) in [4.78, 5) is 70.9. The van der Waals surface area contributed by atoms with Crippen molar-refractivity contribution >= 4 is 61.5 Å². The Kier molecular flexibility index (Phi) is 14.7. The van der Waals surface area contributed by atoms with Gasteiger partial charge in [-0.25, -0.2) is 9.59 Å². The van der Waals surface area contributed by atoms with Crippen LogP contribution in [0.4, 0.5) is 0 Å². The van der Waals surface area contributed by atoms with E-state index >= 15 is 0 Å². The molecule has 0 bridgehead atoms. The summed E-state index contributed by atoms with van der Waals surface area (Å²) < 4.78 is 0.149. The fourth-order valence-electron chi connectivity index (χ4n) is 1.90. The summed E-state index contributed by atoms with van der Waals surface area (Å²) in [6.07, 6.45) is 0.122. The molecule has 2 N–H and O–H groups in total. The minimum absolute atomic E-state index is 0.0897. The van der Waals surface area contributed by atoms with Crippen molar-refractivity contribution in [3.8, 4) is 0 Å². The Bertz CT molecular complexity index is 657. The van der Waals surface area contributed by atoms with Crippen molar-refractivity contribution in [3.63, 3.8) is 0 Å². The van der Waals surface area contributed by atoms with E-state index in [0.717, 1.165) is 5.06 Å². The molecule has 0 radical (unpaired) electrons. The third kappa shape index (κ3) is 11.9. The molecule has 0 aromatic heterocycles. The van der Waals surface area contributed by atoms with Crippen LogP contribution in [0.2, 0.25) is 0 Å². The third-order valence-corrected chi connectivity index (χ3v) is 5.07. The zero-order valence-electron chi connectivity index (χ0n) is 16.7. The second-order valence-electron chi connectivity index (χ2n) is 5.83. The molecule has 0 spiro atoms. The molecule has 0 saturated heterocycles. The Morgan fingerprint density at radius 2 is 1.63 bits per heavy atom. The number of nitrogens with zero attached hydrogens (tertiary/aromatic N) is 2. The molecule has 11 nitrogen and oxygen atoms in total. The Morgan fingerprint density at radius 3 is 2.17 bits per heavy atom. The van der Waals surface area contributed by atoms with Crippen LogP contribution < -0.4 is 5.48 Å². The normalized spacial score (nSPS) is 10.8. The zero-order chi connectivity index (χ0) is 23.1. The molecule has 30 heavy (non-hydrogen) atoms. The molecule has 3 amide bonds. The first-order chi connectivity index (χ1) is 14.2. The van der Waals surface area contributed by atoms with Gasteiger partial charge in [0.05, 0.1) is 30.4 Å². The number of carbonyl (C=O) groups is 5. The van der Waals surface area contributed by atoms with Gasteiger partial charge in [-0.15, -0.1) is 0 Å². The lowest BCUT2D eigenvalue weighted by atomic mass is 10.3. The van der Waals surface area contributed by atoms with Crippen LogP contribution in [0.3, 0.4) is 0 Å². The Balaban J connectivity index is 4.74. The van der Waals surface area contributed by atoms with Gasteiger partial charge < -0.3 is 19.7 Å². The highest BCUT2D eigenvalue weighted by Gasteiger charge is 2.21. The number of rotatable bonds is 11. The second kappa shape index (κ2) is 15.8. The average Bonchev–Trinajstić information content (AvgIpc) is 2.71. The van der Waals surface area contributed by atoms with Crippen LogP contribution in [0, 0.1) is 0 Å². The van der Waals surface area contributed by atoms with Crippen molar-refractivity contribution in [2.45, 2.75) is 39.0 Å². The minimum atomic E-state index is -0.814. The predicted molar refractivity (Wildman–Crippen MR) is 111 cm³/mol. The topological polar surface area (TPSA) is 143 Å². The number of hydrogen-bond donors (Lipinski definition) is 2. The van der Waals surface area contributed by atoms with E-state index in [4.69, 9.17) is 9.94 Å². The van der Waals surface area contributed by atoms with Gasteiger partial charge in [0.2, 0.25) is 0 Å². The largest absolute Gasteiger partial charge is 0.396 e. The van der Waals surface area contributed by atoms with E-state index in [9.17, 15) is 24.0 Å². The SMILES string of the molecule is CCCC(=O)N(C)OC(=O)CCN(CCC(=O)ONC(=O)CCO)C(=O)/C(Br)=C/Br. The summed E-state index contributed by atoms with van der Waals surface area (Å²) >= 11 is 6.07. The van der Waals surface area contributed by atoms with Crippen molar-refractivity contribution < 1.29 is 38.8 Å². The van der Waals surface area contributed by atoms with Gasteiger partial charge in [0.25, 0.3) is 17.7 Å². The molecule has 0 aliphatic carbocycles. The lowest BCUT2D eigenvalue weighted by Gasteiger charge is -2.22. The summed E-state index contributed by atoms with van der Waals surface area (Å²) in [6, 6.07) is 0. The van der Waals surface area contributed by atoms with E-state index in [-0.39, 0.29) is 49.2 Å². The van der Waals surface area contributed by atoms with Gasteiger partial charge in [-0.1, -0.05) is 22.9 Å². The monoisotopic (exact) mass is 557 g/mol. The molecule has 0 heterocycles. The molecule has 0 unspecified atom stereocenters. The maximum absolute atomic E-state index is 12.4. The molecule has 0 fully saturated rings. The highest BCUT2D eigenvalue weighted by Crippen LogP contribution is 2.13. The number of hydroxylamine groups is 3. The standard InChI is InChI=1S/C17H25Br2N3O8/c1-3-4-14(25)21(2)30-16(27)6-9-22(17(28)12(19)11-18)8-5-15(26)29-20-13(24)7-10-23/h11,23H,3-10H2,1-2H3,(H,20,24)/b12-11-. The molecule has 0 saturated carbocycles. The van der Waals surface area contributed by atoms with E-state index in [1.165, 1.54) is 16.9 Å². The number of nitrogens with one attached hydrogen (secondary N) is 1. The van der Waals surface area contributed by atoms with Crippen molar-refractivity contribution in [2.24, 2.45) is 0 Å². The van der Waals surface area contributed by atoms with Crippen molar-refractivity contribution in [2.75, 3.05) is 26.7 Å². The lowest BCUT2D eigenvalue weighted by Crippen LogP contribution is -2.37. The number of carbonyl (C=O) groups excluding carboxylic acids is 5. The fourth-order valence-corrected chi connectivity index (χ4v) is 2.35. The summed E-state index contributed by atoms with van der Waals surface area (Å²) in [7, 11) is 1.32. The quantitative estimate of drug-likeness (QED) is 0.281. The maximum Gasteiger partial charge on any atom is 0.334 e. The average molecular weight is 559 g/mol. The van der Waals surface area contributed by atoms with Gasteiger partial charge in [-0.2, -0.15) is 10.5 Å². The molecule has 0 aromatic rings. The van der Waals surface area contributed by atoms with Crippen molar-refractivity contribution in [3.05, 3.63) is 9.47 Å². The number of hydrogen-bond acceptors (Lipinski definition) is 8. The van der Waals surface area contributed by atoms with E-state index in [2.05, 4.69) is 36.7 Å². The summed E-state index contributed by atoms with van der Waals surface area (Å²) in [5.74, 6) is -3.07. The summed E-state index contributed by atoms with van der Waals surface area (Å²) in [5, 5.41) is 9.46. The highest BCUT2D eigenvalue weighted by molar-refractivity contribution is 9.14. The molecule has 0 aliphatic rings. The van der Waals surface area contributed by atoms with Crippen LogP contribution in [-0.4, -0.2) is 71.5 Å². The molecule has 0 aliphatic heterocycles. The van der Waals surface area contributed by atoms with Crippen molar-refractivity contribution in [1.82, 2.24) is 15.4 Å². The number of aliphatic hydroxyl groups is 1. The van der Waals surface area contributed by atoms with E-state index in [1.807, 2.05) is 12.4 Å². The molecular formula is C17H25Br2N3O8. The van der Waals surface area contributed by atoms with Crippen LogP contribution in [0.15, 0.2) is 9.47 Å². The molecule has 170 valence electrons. The van der Waals surface area contributed by atoms with Crippen molar-refractivity contribution in [1.29, 1.82) is 0 Å². The summed E-state index contributed by atoms with van der Waals surface area (Å²) in [6.45, 7) is 1.22. The highest BCUT2D eigenvalue weighted by atomic mass is 79.9. The number of halogens is 2. The van der Waals surface area contributed by atoms with Gasteiger partial charge in [-0.05, 0) is 22.4 Å². The van der Waals surface area contributed by atoms with Gasteiger partial charge in [0.1, 0.15) is 0 Å². The molecule has 0 aromatic carbocycles. The van der Waals surface area contributed by atoms with E-state index < -0.39 is 30.4 Å². The first kappa shape index (κ1) is 28.0. The molecule has 0 atom stereocenters. The first-order valence-corrected chi connectivity index (χ1v) is 10.7. The predicted octanol–water partition coefficient (Wildman–Crippen LogP) is 0.900. The Morgan fingerprint density at radius 1 is 1.03 bits per heavy atom. The summed E-state index contributed by atoms with van der Waals surface area (Å²) in [5.41, 5.74) is 1.87. The zero-order valence-corrected chi connectivity index (χ0v) is 19.9. The van der Waals surface area contributed by atoms with Crippen LogP contribution in [0.1, 0.15) is 39.0 Å². The molecule has 13 heteroatoms. The van der Waals surface area contributed by atoms with E-state index in [1.54, 1.807) is 0 Å². The second-order valence-corrected chi connectivity index (χ2v) is 7.14. The van der Waals surface area contributed by atoms with Crippen LogP contribution in [0.5, 0.6) is 0 Å². The van der Waals surface area contributed by atoms with Gasteiger partial charge in [-0.3, -0.25) is 14.4 Å². The van der Waals surface area contributed by atoms with Gasteiger partial charge >= 0.3 is 11.9 Å². The minimum Gasteiger partial charge on any atom is -0.396 e. The first-order valence-electron chi connectivity index (χ1n) is 8.98. The Labute approximate surface area is 190 Å². The lowest BCUT2D eigenvalue weighted by molar-refractivity contribution is -0.193. The van der Waals surface area contributed by atoms with Gasteiger partial charge in [0.15, 0.2) is 0 Å².